The topological polar surface area (TPSA) is 71.9 Å². The number of carbonyl (C=O) groups is 1. The van der Waals surface area contributed by atoms with E-state index in [2.05, 4.69) is 34.3 Å². The van der Waals surface area contributed by atoms with Crippen molar-refractivity contribution < 1.29 is 14.3 Å². The van der Waals surface area contributed by atoms with Gasteiger partial charge < -0.3 is 24.6 Å². The predicted molar refractivity (Wildman–Crippen MR) is 146 cm³/mol. The lowest BCUT2D eigenvalue weighted by atomic mass is 10.1. The average Bonchev–Trinajstić information content (AvgIpc) is 3.40. The van der Waals surface area contributed by atoms with E-state index in [4.69, 9.17) is 14.6 Å². The van der Waals surface area contributed by atoms with Crippen molar-refractivity contribution in [3.8, 4) is 28.4 Å². The Kier molecular flexibility index (Phi) is 7.09. The Morgan fingerprint density at radius 1 is 0.865 bits per heavy atom. The summed E-state index contributed by atoms with van der Waals surface area (Å²) in [5.74, 6) is 0.995. The maximum Gasteiger partial charge on any atom is 0.259 e. The summed E-state index contributed by atoms with van der Waals surface area (Å²) in [5, 5.41) is 7.83. The van der Waals surface area contributed by atoms with Crippen molar-refractivity contribution in [1.29, 1.82) is 0 Å². The molecule has 1 aromatic heterocycles. The van der Waals surface area contributed by atoms with Crippen molar-refractivity contribution in [2.24, 2.45) is 0 Å². The molecule has 1 saturated heterocycles. The van der Waals surface area contributed by atoms with Crippen LogP contribution in [0.2, 0.25) is 0 Å². The van der Waals surface area contributed by atoms with Gasteiger partial charge in [-0.3, -0.25) is 4.79 Å². The number of nitrogens with one attached hydrogen (secondary N) is 1. The van der Waals surface area contributed by atoms with Crippen LogP contribution in [0.5, 0.6) is 11.5 Å². The molecule has 0 unspecified atom stereocenters. The zero-order valence-electron chi connectivity index (χ0n) is 21.3. The third kappa shape index (κ3) is 5.29. The molecule has 190 valence electrons. The molecule has 2 heterocycles. The van der Waals surface area contributed by atoms with E-state index in [0.717, 1.165) is 43.2 Å². The van der Waals surface area contributed by atoms with E-state index in [9.17, 15) is 4.79 Å². The van der Waals surface area contributed by atoms with Crippen molar-refractivity contribution in [2.45, 2.75) is 0 Å². The number of ether oxygens (including phenoxy) is 2. The summed E-state index contributed by atoms with van der Waals surface area (Å²) in [7, 11) is 5.35. The maximum atomic E-state index is 13.6. The van der Waals surface area contributed by atoms with Gasteiger partial charge in [-0.15, -0.1) is 0 Å². The van der Waals surface area contributed by atoms with Crippen molar-refractivity contribution in [2.75, 3.05) is 57.7 Å². The first-order valence-corrected chi connectivity index (χ1v) is 12.3. The first-order chi connectivity index (χ1) is 18.1. The van der Waals surface area contributed by atoms with Crippen LogP contribution in [-0.4, -0.2) is 68.0 Å². The van der Waals surface area contributed by atoms with E-state index in [0.29, 0.717) is 28.3 Å². The van der Waals surface area contributed by atoms with E-state index in [1.165, 1.54) is 0 Å². The summed E-state index contributed by atoms with van der Waals surface area (Å²) in [6.07, 6.45) is 1.75. The molecule has 0 aliphatic carbocycles. The number of piperazine rings is 1. The van der Waals surface area contributed by atoms with Crippen LogP contribution in [0.4, 0.5) is 11.4 Å². The molecule has 1 amide bonds. The van der Waals surface area contributed by atoms with E-state index in [1.54, 1.807) is 25.1 Å². The molecule has 1 aliphatic heterocycles. The summed E-state index contributed by atoms with van der Waals surface area (Å²) >= 11 is 0. The number of rotatable bonds is 7. The quantitative estimate of drug-likeness (QED) is 0.404. The minimum Gasteiger partial charge on any atom is -0.497 e. The second kappa shape index (κ2) is 10.8. The van der Waals surface area contributed by atoms with Crippen molar-refractivity contribution >= 4 is 17.3 Å². The Balaban J connectivity index is 1.46. The Hall–Kier alpha value is -4.30. The lowest BCUT2D eigenvalue weighted by Gasteiger charge is -2.34. The fourth-order valence-electron chi connectivity index (χ4n) is 4.47. The van der Waals surface area contributed by atoms with E-state index < -0.39 is 0 Å². The Morgan fingerprint density at radius 2 is 1.59 bits per heavy atom. The molecule has 0 atom stereocenters. The van der Waals surface area contributed by atoms with Crippen molar-refractivity contribution in [1.82, 2.24) is 14.7 Å². The van der Waals surface area contributed by atoms with Gasteiger partial charge in [0.1, 0.15) is 17.2 Å². The Morgan fingerprint density at radius 3 is 2.27 bits per heavy atom. The molecule has 0 bridgehead atoms. The van der Waals surface area contributed by atoms with Gasteiger partial charge in [0.15, 0.2) is 0 Å². The summed E-state index contributed by atoms with van der Waals surface area (Å²) in [4.78, 5) is 18.3. The van der Waals surface area contributed by atoms with E-state index in [-0.39, 0.29) is 5.91 Å². The van der Waals surface area contributed by atoms with Crippen LogP contribution >= 0.6 is 0 Å². The molecule has 5 rings (SSSR count). The van der Waals surface area contributed by atoms with Gasteiger partial charge >= 0.3 is 0 Å². The number of nitrogens with zero attached hydrogens (tertiary/aromatic N) is 4. The van der Waals surface area contributed by atoms with E-state index in [1.807, 2.05) is 60.7 Å². The van der Waals surface area contributed by atoms with Crippen LogP contribution in [0.25, 0.3) is 16.9 Å². The molecular formula is C29H31N5O3. The van der Waals surface area contributed by atoms with Gasteiger partial charge in [0.2, 0.25) is 0 Å². The fourth-order valence-corrected chi connectivity index (χ4v) is 4.47. The third-order valence-electron chi connectivity index (χ3n) is 6.63. The average molecular weight is 498 g/mol. The second-order valence-corrected chi connectivity index (χ2v) is 9.03. The SMILES string of the molecule is COc1ccc(OC)c(-c2nn(-c3ccccc3)cc2C(=O)Nc2ccc(N3CCN(C)CC3)cc2)c1. The lowest BCUT2D eigenvalue weighted by molar-refractivity contribution is 0.102. The van der Waals surface area contributed by atoms with E-state index >= 15 is 0 Å². The third-order valence-corrected chi connectivity index (χ3v) is 6.63. The standard InChI is InChI=1S/C29H31N5O3/c1-32-15-17-33(18-16-32)22-11-9-21(10-12-22)30-29(35)26-20-34(23-7-5-4-6-8-23)31-28(26)25-19-24(36-2)13-14-27(25)37-3/h4-14,19-20H,15-18H2,1-3H3,(H,30,35). The Bertz CT molecular complexity index is 1360. The number of hydrogen-bond donors (Lipinski definition) is 1. The monoisotopic (exact) mass is 497 g/mol. The lowest BCUT2D eigenvalue weighted by Crippen LogP contribution is -2.44. The number of benzene rings is 3. The molecule has 0 spiro atoms. The first-order valence-electron chi connectivity index (χ1n) is 12.3. The highest BCUT2D eigenvalue weighted by molar-refractivity contribution is 6.08. The zero-order valence-corrected chi connectivity index (χ0v) is 21.3. The zero-order chi connectivity index (χ0) is 25.8. The molecule has 0 saturated carbocycles. The molecular weight excluding hydrogens is 466 g/mol. The number of amides is 1. The minimum atomic E-state index is -0.255. The number of likely N-dealkylation sites (N-methyl/N-ethyl adjacent to an activating group) is 1. The highest BCUT2D eigenvalue weighted by Gasteiger charge is 2.22. The molecule has 8 nitrogen and oxygen atoms in total. The molecule has 37 heavy (non-hydrogen) atoms. The number of hydrogen-bond acceptors (Lipinski definition) is 6. The van der Waals surface area contributed by atoms with Gasteiger partial charge in [-0.2, -0.15) is 5.10 Å². The number of para-hydroxylation sites is 1. The van der Waals surface area contributed by atoms with Crippen LogP contribution in [0.15, 0.2) is 79.0 Å². The minimum absolute atomic E-state index is 0.255. The fraction of sp³-hybridized carbons (Fsp3) is 0.241. The largest absolute Gasteiger partial charge is 0.497 e. The summed E-state index contributed by atoms with van der Waals surface area (Å²) in [6, 6.07) is 23.2. The van der Waals surface area contributed by atoms with Crippen LogP contribution in [0.1, 0.15) is 10.4 Å². The van der Waals surface area contributed by atoms with Gasteiger partial charge in [-0.1, -0.05) is 18.2 Å². The molecule has 4 aromatic rings. The van der Waals surface area contributed by atoms with Crippen LogP contribution < -0.4 is 19.7 Å². The predicted octanol–water partition coefficient (Wildman–Crippen LogP) is 4.56. The van der Waals surface area contributed by atoms with Crippen LogP contribution in [-0.2, 0) is 0 Å². The van der Waals surface area contributed by atoms with Crippen LogP contribution in [0.3, 0.4) is 0 Å². The molecule has 1 aliphatic rings. The molecule has 1 N–H and O–H groups in total. The molecule has 1 fully saturated rings. The first kappa shape index (κ1) is 24.4. The van der Waals surface area contributed by atoms with Crippen molar-refractivity contribution in [3.63, 3.8) is 0 Å². The van der Waals surface area contributed by atoms with Gasteiger partial charge in [-0.25, -0.2) is 4.68 Å². The normalized spacial score (nSPS) is 13.9. The highest BCUT2D eigenvalue weighted by Crippen LogP contribution is 2.35. The summed E-state index contributed by atoms with van der Waals surface area (Å²) in [5.41, 5.74) is 4.33. The number of carbonyl (C=O) groups excluding carboxylic acids is 1. The van der Waals surface area contributed by atoms with Crippen LogP contribution in [0, 0.1) is 0 Å². The van der Waals surface area contributed by atoms with Gasteiger partial charge in [0.05, 0.1) is 25.5 Å². The number of aromatic nitrogens is 2. The van der Waals surface area contributed by atoms with Gasteiger partial charge in [0.25, 0.3) is 5.91 Å². The summed E-state index contributed by atoms with van der Waals surface area (Å²) < 4.78 is 12.7. The molecule has 0 radical (unpaired) electrons. The number of anilines is 2. The smallest absolute Gasteiger partial charge is 0.259 e. The van der Waals surface area contributed by atoms with Gasteiger partial charge in [-0.05, 0) is 61.6 Å². The maximum absolute atomic E-state index is 13.6. The van der Waals surface area contributed by atoms with Gasteiger partial charge in [0, 0.05) is 49.3 Å². The summed E-state index contributed by atoms with van der Waals surface area (Å²) in [6.45, 7) is 4.07. The molecule has 3 aromatic carbocycles. The molecule has 8 heteroatoms. The highest BCUT2D eigenvalue weighted by atomic mass is 16.5. The number of methoxy groups -OCH3 is 2. The second-order valence-electron chi connectivity index (χ2n) is 9.03. The Labute approximate surface area is 217 Å². The van der Waals surface area contributed by atoms with Crippen molar-refractivity contribution in [3.05, 3.63) is 84.6 Å².